The lowest BCUT2D eigenvalue weighted by molar-refractivity contribution is 0.422. The van der Waals surface area contributed by atoms with Crippen molar-refractivity contribution in [1.82, 2.24) is 0 Å². The number of rotatable bonds is 3. The summed E-state index contributed by atoms with van der Waals surface area (Å²) in [6.07, 6.45) is 0.500. The lowest BCUT2D eigenvalue weighted by Gasteiger charge is -1.93. The van der Waals surface area contributed by atoms with Crippen LogP contribution >= 0.6 is 0 Å². The van der Waals surface area contributed by atoms with Crippen LogP contribution in [0.4, 0.5) is 4.39 Å². The Hall–Kier alpha value is -0.470. The van der Waals surface area contributed by atoms with Crippen molar-refractivity contribution in [3.63, 3.8) is 0 Å². The molecule has 0 bridgehead atoms. The molecule has 0 rings (SSSR count). The molecule has 2 nitrogen and oxygen atoms in total. The highest BCUT2D eigenvalue weighted by atomic mass is 19.1. The van der Waals surface area contributed by atoms with Crippen LogP contribution in [0.5, 0.6) is 0 Å². The molecule has 42 valence electrons. The predicted octanol–water partition coefficient (Wildman–Crippen LogP) is 1.50. The molecular weight excluding hydrogens is 97.0 g/mol. The number of hydrogen-bond acceptors (Lipinski definition) is 2. The van der Waals surface area contributed by atoms with E-state index in [4.69, 9.17) is 0 Å². The second-order valence-corrected chi connectivity index (χ2v) is 1.32. The van der Waals surface area contributed by atoms with Crippen molar-refractivity contribution in [3.05, 3.63) is 4.91 Å². The van der Waals surface area contributed by atoms with Crippen molar-refractivity contribution in [2.45, 2.75) is 19.4 Å². The first kappa shape index (κ1) is 6.53. The molecule has 0 fully saturated rings. The van der Waals surface area contributed by atoms with E-state index in [1.165, 1.54) is 0 Å². The molecule has 0 saturated heterocycles. The van der Waals surface area contributed by atoms with Gasteiger partial charge in [-0.05, 0) is 6.42 Å². The molecule has 0 N–H and O–H groups in total. The quantitative estimate of drug-likeness (QED) is 0.500. The molecule has 0 radical (unpaired) electrons. The fourth-order valence-corrected chi connectivity index (χ4v) is 0.212. The molecule has 7 heavy (non-hydrogen) atoms. The zero-order chi connectivity index (χ0) is 5.70. The summed E-state index contributed by atoms with van der Waals surface area (Å²) in [7, 11) is 0. The van der Waals surface area contributed by atoms with Gasteiger partial charge in [0.05, 0.1) is 0 Å². The monoisotopic (exact) mass is 105 g/mol. The molecule has 0 aromatic heterocycles. The van der Waals surface area contributed by atoms with E-state index in [2.05, 4.69) is 5.18 Å². The van der Waals surface area contributed by atoms with Gasteiger partial charge in [0.25, 0.3) is 0 Å². The van der Waals surface area contributed by atoms with Gasteiger partial charge in [0, 0.05) is 0 Å². The third-order valence-electron chi connectivity index (χ3n) is 0.798. The van der Waals surface area contributed by atoms with E-state index in [-0.39, 0.29) is 0 Å². The van der Waals surface area contributed by atoms with Gasteiger partial charge in [-0.15, -0.1) is 0 Å². The first-order valence-corrected chi connectivity index (χ1v) is 2.23. The zero-order valence-electron chi connectivity index (χ0n) is 4.22. The molecule has 0 spiro atoms. The van der Waals surface area contributed by atoms with E-state index in [9.17, 15) is 9.30 Å². The Bertz CT molecular complexity index is 53.7. The van der Waals surface area contributed by atoms with Crippen molar-refractivity contribution in [1.29, 1.82) is 0 Å². The van der Waals surface area contributed by atoms with Crippen molar-refractivity contribution in [2.75, 3.05) is 6.67 Å². The van der Waals surface area contributed by atoms with Gasteiger partial charge in [-0.2, -0.15) is 4.91 Å². The van der Waals surface area contributed by atoms with Gasteiger partial charge in [-0.1, -0.05) is 12.1 Å². The summed E-state index contributed by atoms with van der Waals surface area (Å²) < 4.78 is 11.4. The van der Waals surface area contributed by atoms with Gasteiger partial charge in [0.2, 0.25) is 0 Å². The molecule has 1 unspecified atom stereocenters. The van der Waals surface area contributed by atoms with Crippen molar-refractivity contribution < 1.29 is 4.39 Å². The van der Waals surface area contributed by atoms with Gasteiger partial charge in [-0.25, -0.2) is 4.39 Å². The SMILES string of the molecule is CCC(CF)N=O. The summed E-state index contributed by atoms with van der Waals surface area (Å²) >= 11 is 0. The second kappa shape index (κ2) is 3.71. The minimum Gasteiger partial charge on any atom is -0.249 e. The average Bonchev–Trinajstić information content (AvgIpc) is 1.72. The fraction of sp³-hybridized carbons (Fsp3) is 1.00. The van der Waals surface area contributed by atoms with E-state index in [1.807, 2.05) is 0 Å². The van der Waals surface area contributed by atoms with Crippen molar-refractivity contribution in [2.24, 2.45) is 5.18 Å². The zero-order valence-corrected chi connectivity index (χ0v) is 4.22. The van der Waals surface area contributed by atoms with Gasteiger partial charge in [0.1, 0.15) is 12.7 Å². The van der Waals surface area contributed by atoms with Crippen LogP contribution in [0, 0.1) is 4.91 Å². The summed E-state index contributed by atoms with van der Waals surface area (Å²) in [5.74, 6) is 0. The topological polar surface area (TPSA) is 29.4 Å². The number of nitrogens with zero attached hydrogens (tertiary/aromatic N) is 1. The molecule has 0 saturated carbocycles. The van der Waals surface area contributed by atoms with Crippen LogP contribution in [-0.4, -0.2) is 12.7 Å². The molecule has 0 aliphatic rings. The summed E-state index contributed by atoms with van der Waals surface area (Å²) in [6.45, 7) is 1.10. The first-order valence-electron chi connectivity index (χ1n) is 2.23. The molecule has 1 atom stereocenters. The maximum absolute atomic E-state index is 11.4. The average molecular weight is 105 g/mol. The van der Waals surface area contributed by atoms with E-state index in [0.717, 1.165) is 0 Å². The number of hydrogen-bond donors (Lipinski definition) is 0. The van der Waals surface area contributed by atoms with Gasteiger partial charge in [0.15, 0.2) is 0 Å². The Morgan fingerprint density at radius 2 is 2.43 bits per heavy atom. The van der Waals surface area contributed by atoms with Crippen LogP contribution in [0.3, 0.4) is 0 Å². The third-order valence-corrected chi connectivity index (χ3v) is 0.798. The summed E-state index contributed by atoms with van der Waals surface area (Å²) in [6, 6.07) is -0.611. The summed E-state index contributed by atoms with van der Waals surface area (Å²) in [4.78, 5) is 9.48. The maximum Gasteiger partial charge on any atom is 0.120 e. The van der Waals surface area contributed by atoms with Crippen LogP contribution in [0.1, 0.15) is 13.3 Å². The summed E-state index contributed by atoms with van der Waals surface area (Å²) in [5.41, 5.74) is 0. The minimum absolute atomic E-state index is 0.500. The summed E-state index contributed by atoms with van der Waals surface area (Å²) in [5, 5.41) is 2.50. The molecule has 0 aromatic carbocycles. The molecule has 0 amide bonds. The Labute approximate surface area is 41.7 Å². The highest BCUT2D eigenvalue weighted by Gasteiger charge is 2.01. The van der Waals surface area contributed by atoms with Crippen LogP contribution in [-0.2, 0) is 0 Å². The normalized spacial score (nSPS) is 13.4. The Balaban J connectivity index is 3.16. The number of halogens is 1. The fourth-order valence-electron chi connectivity index (χ4n) is 0.212. The van der Waals surface area contributed by atoms with Gasteiger partial charge < -0.3 is 0 Å². The molecule has 3 heteroatoms. The predicted molar refractivity (Wildman–Crippen MR) is 25.8 cm³/mol. The largest absolute Gasteiger partial charge is 0.249 e. The highest BCUT2D eigenvalue weighted by Crippen LogP contribution is 1.94. The first-order chi connectivity index (χ1) is 3.35. The lowest BCUT2D eigenvalue weighted by Crippen LogP contribution is -2.02. The van der Waals surface area contributed by atoms with Gasteiger partial charge in [-0.3, -0.25) is 0 Å². The van der Waals surface area contributed by atoms with Crippen LogP contribution < -0.4 is 0 Å². The number of alkyl halides is 1. The minimum atomic E-state index is -0.625. The van der Waals surface area contributed by atoms with E-state index in [1.54, 1.807) is 6.92 Å². The van der Waals surface area contributed by atoms with E-state index >= 15 is 0 Å². The lowest BCUT2D eigenvalue weighted by atomic mass is 10.3. The second-order valence-electron chi connectivity index (χ2n) is 1.32. The number of nitroso groups, excluding NO2 is 1. The molecule has 0 aliphatic heterocycles. The highest BCUT2D eigenvalue weighted by molar-refractivity contribution is 4.58. The van der Waals surface area contributed by atoms with Crippen molar-refractivity contribution >= 4 is 0 Å². The smallest absolute Gasteiger partial charge is 0.120 e. The molecule has 0 aliphatic carbocycles. The van der Waals surface area contributed by atoms with Crippen LogP contribution in [0.2, 0.25) is 0 Å². The standard InChI is InChI=1S/C4H8FNO/c1-2-4(3-5)6-7/h4H,2-3H2,1H3. The van der Waals surface area contributed by atoms with E-state index < -0.39 is 12.7 Å². The maximum atomic E-state index is 11.4. The Kier molecular flexibility index (Phi) is 3.46. The molecular formula is C4H8FNO. The van der Waals surface area contributed by atoms with Gasteiger partial charge >= 0.3 is 0 Å². The Morgan fingerprint density at radius 3 is 2.43 bits per heavy atom. The Morgan fingerprint density at radius 1 is 1.86 bits per heavy atom. The van der Waals surface area contributed by atoms with E-state index in [0.29, 0.717) is 6.42 Å². The molecule has 0 aromatic rings. The van der Waals surface area contributed by atoms with Crippen LogP contribution in [0.15, 0.2) is 5.18 Å². The molecule has 0 heterocycles. The van der Waals surface area contributed by atoms with Crippen molar-refractivity contribution in [3.8, 4) is 0 Å². The van der Waals surface area contributed by atoms with Crippen LogP contribution in [0.25, 0.3) is 0 Å². The third kappa shape index (κ3) is 2.25.